The van der Waals surface area contributed by atoms with Gasteiger partial charge in [-0.1, -0.05) is 118 Å². The lowest BCUT2D eigenvalue weighted by Gasteiger charge is -2.40. The first-order chi connectivity index (χ1) is 13.4. The van der Waals surface area contributed by atoms with Crippen LogP contribution in [0.2, 0.25) is 18.0 Å². The smallest absolute Gasteiger partial charge is 0.109 e. The summed E-state index contributed by atoms with van der Waals surface area (Å²) in [5.41, 5.74) is 0. The number of hydrogen-bond donors (Lipinski definition) is 0. The monoisotopic (exact) mass is 374 g/mol. The summed E-state index contributed by atoms with van der Waals surface area (Å²) in [5, 5.41) is 6.29. The van der Waals surface area contributed by atoms with Gasteiger partial charge in [0.05, 0.1) is 0 Å². The average Bonchev–Trinajstić information content (AvgIpc) is 3.02. The maximum Gasteiger partial charge on any atom is 0.146 e. The molecule has 2 bridgehead atoms. The van der Waals surface area contributed by atoms with E-state index in [-0.39, 0.29) is 7.53 Å². The first kappa shape index (κ1) is 17.9. The van der Waals surface area contributed by atoms with E-state index >= 15 is 0 Å². The highest BCUT2D eigenvalue weighted by atomic mass is 31.1. The summed E-state index contributed by atoms with van der Waals surface area (Å²) < 4.78 is 0. The van der Waals surface area contributed by atoms with Crippen molar-refractivity contribution in [3.05, 3.63) is 48.5 Å². The summed E-state index contributed by atoms with van der Waals surface area (Å²) >= 11 is 0. The number of fused-ring (bicyclic) bond motifs is 5. The predicted octanol–water partition coefficient (Wildman–Crippen LogP) is 8.75. The van der Waals surface area contributed by atoms with Gasteiger partial charge < -0.3 is 0 Å². The van der Waals surface area contributed by atoms with E-state index < -0.39 is 0 Å². The second kappa shape index (κ2) is 8.04. The van der Waals surface area contributed by atoms with Crippen molar-refractivity contribution < 1.29 is 0 Å². The largest absolute Gasteiger partial charge is 0.146 e. The molecule has 0 saturated carbocycles. The standard InChI is InChI=1S/C25H32BP/c1(6-18-26-20-10-8-11-21(26)13-9-12-20)7-19-27-24-16-4-2-14-22(24)23-15-3-5-17-25(23)27/h2-5,14-17,20-21H,1,6-13,18-19H2. The molecule has 5 rings (SSSR count). The van der Waals surface area contributed by atoms with Gasteiger partial charge in [-0.2, -0.15) is 0 Å². The van der Waals surface area contributed by atoms with Gasteiger partial charge in [-0.05, 0) is 23.4 Å². The first-order valence-electron chi connectivity index (χ1n) is 11.4. The topological polar surface area (TPSA) is 0 Å². The molecule has 2 saturated heterocycles. The molecule has 0 radical (unpaired) electrons. The van der Waals surface area contributed by atoms with Gasteiger partial charge in [0.1, 0.15) is 6.71 Å². The fraction of sp³-hybridized carbons (Fsp3) is 0.520. The lowest BCUT2D eigenvalue weighted by atomic mass is 9.26. The van der Waals surface area contributed by atoms with Crippen molar-refractivity contribution in [2.24, 2.45) is 0 Å². The van der Waals surface area contributed by atoms with Gasteiger partial charge in [-0.3, -0.25) is 0 Å². The first-order valence-corrected chi connectivity index (χ1v) is 12.9. The van der Waals surface area contributed by atoms with Crippen LogP contribution in [0.15, 0.2) is 48.5 Å². The Bertz CT molecular complexity index is 836. The molecule has 0 aliphatic carbocycles. The van der Waals surface area contributed by atoms with Crippen molar-refractivity contribution in [3.8, 4) is 0 Å². The number of benzene rings is 2. The van der Waals surface area contributed by atoms with Gasteiger partial charge in [0.25, 0.3) is 0 Å². The molecule has 3 heterocycles. The highest BCUT2D eigenvalue weighted by molar-refractivity contribution is 7.60. The van der Waals surface area contributed by atoms with Gasteiger partial charge in [-0.25, -0.2) is 0 Å². The van der Waals surface area contributed by atoms with E-state index in [1.807, 2.05) is 0 Å². The minimum Gasteiger partial charge on any atom is -0.109 e. The van der Waals surface area contributed by atoms with Crippen LogP contribution in [-0.2, 0) is 6.16 Å². The van der Waals surface area contributed by atoms with E-state index in [4.69, 9.17) is 0 Å². The second-order valence-electron chi connectivity index (χ2n) is 9.08. The Labute approximate surface area is 165 Å². The Morgan fingerprint density at radius 2 is 1.26 bits per heavy atom. The van der Waals surface area contributed by atoms with Crippen LogP contribution in [0, 0.1) is 0 Å². The lowest BCUT2D eigenvalue weighted by Crippen LogP contribution is -2.34. The molecule has 0 unspecified atom stereocenters. The van der Waals surface area contributed by atoms with E-state index in [1.165, 1.54) is 55.4 Å². The third-order valence-corrected chi connectivity index (χ3v) is 10.3. The number of aryl methyl sites for hydroxylation is 1. The molecule has 0 atom stereocenters. The molecule has 2 fully saturated rings. The van der Waals surface area contributed by atoms with Crippen LogP contribution in [0.3, 0.4) is 0 Å². The molecule has 0 N–H and O–H groups in total. The molecule has 2 aliphatic rings. The van der Waals surface area contributed by atoms with Crippen LogP contribution in [0.25, 0.3) is 21.0 Å². The highest BCUT2D eigenvalue weighted by Gasteiger charge is 2.38. The molecular formula is C25H32BP. The van der Waals surface area contributed by atoms with Crippen molar-refractivity contribution in [1.29, 1.82) is 0 Å². The van der Waals surface area contributed by atoms with Gasteiger partial charge >= 0.3 is 0 Å². The summed E-state index contributed by atoms with van der Waals surface area (Å²) in [7, 11) is -0.117. The van der Waals surface area contributed by atoms with Crippen LogP contribution in [-0.4, -0.2) is 6.71 Å². The molecule has 27 heavy (non-hydrogen) atoms. The number of unbranched alkanes of at least 4 members (excludes halogenated alkanes) is 2. The maximum absolute atomic E-state index is 2.39. The van der Waals surface area contributed by atoms with Crippen molar-refractivity contribution in [3.63, 3.8) is 0 Å². The molecule has 2 aromatic carbocycles. The summed E-state index contributed by atoms with van der Waals surface area (Å²) in [5.74, 6) is 2.19. The fourth-order valence-corrected chi connectivity index (χ4v) is 9.14. The van der Waals surface area contributed by atoms with Crippen LogP contribution < -0.4 is 0 Å². The van der Waals surface area contributed by atoms with Gasteiger partial charge in [0.15, 0.2) is 0 Å². The van der Waals surface area contributed by atoms with Crippen LogP contribution in [0.5, 0.6) is 0 Å². The van der Waals surface area contributed by atoms with Crippen LogP contribution in [0.1, 0.15) is 57.8 Å². The van der Waals surface area contributed by atoms with Gasteiger partial charge in [0, 0.05) is 10.2 Å². The predicted molar refractivity (Wildman–Crippen MR) is 124 cm³/mol. The molecule has 1 aromatic heterocycles. The van der Waals surface area contributed by atoms with Crippen molar-refractivity contribution in [2.75, 3.05) is 0 Å². The van der Waals surface area contributed by atoms with Crippen molar-refractivity contribution in [2.45, 2.75) is 81.9 Å². The quantitative estimate of drug-likeness (QED) is 0.299. The Kier molecular flexibility index (Phi) is 5.32. The fourth-order valence-electron chi connectivity index (χ4n) is 6.36. The normalized spacial score (nSPS) is 22.6. The summed E-state index contributed by atoms with van der Waals surface area (Å²) in [6.07, 6.45) is 16.5. The second-order valence-corrected chi connectivity index (χ2v) is 11.3. The average molecular weight is 374 g/mol. The zero-order chi connectivity index (χ0) is 18.1. The zero-order valence-electron chi connectivity index (χ0n) is 16.6. The minimum atomic E-state index is -0.117. The molecule has 0 spiro atoms. The summed E-state index contributed by atoms with van der Waals surface area (Å²) in [6, 6.07) is 18.3. The molecule has 2 aliphatic heterocycles. The third-order valence-electron chi connectivity index (χ3n) is 7.61. The van der Waals surface area contributed by atoms with E-state index in [2.05, 4.69) is 48.5 Å². The van der Waals surface area contributed by atoms with E-state index in [0.717, 1.165) is 18.3 Å². The molecule has 2 heteroatoms. The summed E-state index contributed by atoms with van der Waals surface area (Å²) in [4.78, 5) is 0. The van der Waals surface area contributed by atoms with Crippen molar-refractivity contribution >= 4 is 35.3 Å². The highest BCUT2D eigenvalue weighted by Crippen LogP contribution is 2.51. The number of rotatable bonds is 6. The van der Waals surface area contributed by atoms with E-state index in [1.54, 1.807) is 35.9 Å². The Balaban J connectivity index is 1.22. The molecular weight excluding hydrogens is 342 g/mol. The third kappa shape index (κ3) is 3.49. The van der Waals surface area contributed by atoms with E-state index in [0.29, 0.717) is 0 Å². The summed E-state index contributed by atoms with van der Waals surface area (Å²) in [6.45, 7) is 1.09. The molecule has 140 valence electrons. The van der Waals surface area contributed by atoms with Gasteiger partial charge in [-0.15, -0.1) is 7.53 Å². The Hall–Kier alpha value is -1.20. The van der Waals surface area contributed by atoms with Crippen LogP contribution >= 0.6 is 7.53 Å². The number of hydrogen-bond acceptors (Lipinski definition) is 0. The van der Waals surface area contributed by atoms with E-state index in [9.17, 15) is 0 Å². The lowest BCUT2D eigenvalue weighted by molar-refractivity contribution is 0.440. The SMILES string of the molecule is c1ccc2c(c1)c1ccccc1p2CCCCCB1C2CCCC1CCC2. The molecule has 3 aromatic rings. The Morgan fingerprint density at radius 1 is 0.704 bits per heavy atom. The zero-order valence-corrected chi connectivity index (χ0v) is 17.5. The molecule has 0 nitrogen and oxygen atoms in total. The van der Waals surface area contributed by atoms with Crippen molar-refractivity contribution in [1.82, 2.24) is 0 Å². The van der Waals surface area contributed by atoms with Gasteiger partial charge in [0.2, 0.25) is 0 Å². The Morgan fingerprint density at radius 3 is 1.85 bits per heavy atom. The van der Waals surface area contributed by atoms with Crippen LogP contribution in [0.4, 0.5) is 0 Å². The maximum atomic E-state index is 2.39. The minimum absolute atomic E-state index is 0.117. The molecule has 0 amide bonds.